The molecule has 0 unspecified atom stereocenters. The Morgan fingerprint density at radius 3 is 2.72 bits per heavy atom. The van der Waals surface area contributed by atoms with Crippen LogP contribution in [0, 0.1) is 0 Å². The molecule has 1 N–H and O–H groups in total. The van der Waals surface area contributed by atoms with Gasteiger partial charge in [0.2, 0.25) is 0 Å². The fourth-order valence-corrected chi connectivity index (χ4v) is 3.87. The number of fused-ring (bicyclic) bond motifs is 2. The topological polar surface area (TPSA) is 113 Å². The van der Waals surface area contributed by atoms with E-state index in [1.165, 1.54) is 6.33 Å². The van der Waals surface area contributed by atoms with Crippen molar-refractivity contribution in [3.05, 3.63) is 61.1 Å². The second-order valence-corrected chi connectivity index (χ2v) is 8.59. The van der Waals surface area contributed by atoms with Crippen LogP contribution in [0.15, 0.2) is 55.5 Å². The van der Waals surface area contributed by atoms with Gasteiger partial charge in [0.05, 0.1) is 36.4 Å². The van der Waals surface area contributed by atoms with Crippen LogP contribution >= 0.6 is 0 Å². The number of carbonyl (C=O) groups excluding carboxylic acids is 1. The van der Waals surface area contributed by atoms with Gasteiger partial charge in [-0.2, -0.15) is 0 Å². The highest BCUT2D eigenvalue weighted by Gasteiger charge is 2.15. The van der Waals surface area contributed by atoms with Gasteiger partial charge in [-0.3, -0.25) is 4.98 Å². The minimum atomic E-state index is -1.37. The van der Waals surface area contributed by atoms with Crippen LogP contribution in [0.3, 0.4) is 0 Å². The maximum absolute atomic E-state index is 11.7. The molecule has 0 saturated heterocycles. The van der Waals surface area contributed by atoms with Gasteiger partial charge in [-0.15, -0.1) is 0 Å². The monoisotopic (exact) mass is 486 g/mol. The van der Waals surface area contributed by atoms with Crippen LogP contribution in [0.25, 0.3) is 27.4 Å². The van der Waals surface area contributed by atoms with Crippen molar-refractivity contribution in [2.75, 3.05) is 39.7 Å². The number of anilines is 2. The van der Waals surface area contributed by atoms with Crippen molar-refractivity contribution in [2.24, 2.45) is 0 Å². The molecule has 2 heterocycles. The Hall–Kier alpha value is -4.24. The standard InChI is InChI=1S/C27H29N5O4/c1-17(27(33)34)20-14-21-22(15-24(20)36-11-6-5-10-32(2)3)29-16-30-26(21)31-23-13-19(35-4)12-18-8-7-9-28-25(18)23/h7-9,12-16H,1,5-6,10-11H2,2-4H3,(H,33,34)(H,29,30,31)/p-1. The lowest BCUT2D eigenvalue weighted by atomic mass is 10.0. The molecular formula is C27H28N5O4-. The quantitative estimate of drug-likeness (QED) is 0.252. The zero-order valence-electron chi connectivity index (χ0n) is 20.6. The molecule has 4 aromatic rings. The molecule has 2 aromatic carbocycles. The highest BCUT2D eigenvalue weighted by atomic mass is 16.5. The van der Waals surface area contributed by atoms with Gasteiger partial charge in [-0.05, 0) is 51.7 Å². The number of aromatic nitrogens is 3. The number of benzene rings is 2. The number of methoxy groups -OCH3 is 1. The van der Waals surface area contributed by atoms with E-state index in [1.54, 1.807) is 25.4 Å². The van der Waals surface area contributed by atoms with Gasteiger partial charge in [0.25, 0.3) is 0 Å². The number of rotatable bonds is 11. The van der Waals surface area contributed by atoms with Crippen molar-refractivity contribution in [1.29, 1.82) is 0 Å². The number of carbonyl (C=O) groups is 1. The average Bonchev–Trinajstić information content (AvgIpc) is 2.87. The van der Waals surface area contributed by atoms with E-state index in [0.717, 1.165) is 30.3 Å². The third kappa shape index (κ3) is 5.52. The summed E-state index contributed by atoms with van der Waals surface area (Å²) in [4.78, 5) is 27.1. The normalized spacial score (nSPS) is 11.1. The lowest BCUT2D eigenvalue weighted by Gasteiger charge is -2.17. The first-order chi connectivity index (χ1) is 17.4. The van der Waals surface area contributed by atoms with Crippen molar-refractivity contribution in [3.63, 3.8) is 0 Å². The lowest BCUT2D eigenvalue weighted by Crippen LogP contribution is -2.23. The molecule has 2 aromatic heterocycles. The number of hydrogen-bond acceptors (Lipinski definition) is 9. The summed E-state index contributed by atoms with van der Waals surface area (Å²) in [5, 5.41) is 16.5. The van der Waals surface area contributed by atoms with Crippen molar-refractivity contribution >= 4 is 44.9 Å². The average molecular weight is 487 g/mol. The number of ether oxygens (including phenoxy) is 2. The molecule has 0 fully saturated rings. The van der Waals surface area contributed by atoms with Crippen LogP contribution in [0.5, 0.6) is 11.5 Å². The second kappa shape index (κ2) is 11.0. The maximum atomic E-state index is 11.7. The van der Waals surface area contributed by atoms with Crippen molar-refractivity contribution < 1.29 is 19.4 Å². The van der Waals surface area contributed by atoms with Gasteiger partial charge >= 0.3 is 0 Å². The zero-order chi connectivity index (χ0) is 25.7. The minimum Gasteiger partial charge on any atom is -0.545 e. The van der Waals surface area contributed by atoms with Gasteiger partial charge in [0.1, 0.15) is 23.6 Å². The Labute approximate surface area is 209 Å². The number of hydrogen-bond donors (Lipinski definition) is 1. The number of carboxylic acids is 1. The van der Waals surface area contributed by atoms with Crippen LogP contribution in [0.1, 0.15) is 18.4 Å². The van der Waals surface area contributed by atoms with E-state index in [2.05, 4.69) is 31.7 Å². The molecule has 0 aliphatic rings. The van der Waals surface area contributed by atoms with Crippen LogP contribution in [-0.2, 0) is 4.79 Å². The van der Waals surface area contributed by atoms with Gasteiger partial charge in [0, 0.05) is 40.2 Å². The molecule has 0 atom stereocenters. The molecule has 36 heavy (non-hydrogen) atoms. The predicted molar refractivity (Wildman–Crippen MR) is 138 cm³/mol. The Kier molecular flexibility index (Phi) is 7.60. The van der Waals surface area contributed by atoms with Gasteiger partial charge in [0.15, 0.2) is 0 Å². The Morgan fingerprint density at radius 2 is 1.97 bits per heavy atom. The fourth-order valence-electron chi connectivity index (χ4n) is 3.87. The van der Waals surface area contributed by atoms with E-state index < -0.39 is 5.97 Å². The van der Waals surface area contributed by atoms with E-state index in [-0.39, 0.29) is 5.57 Å². The van der Waals surface area contributed by atoms with E-state index in [4.69, 9.17) is 9.47 Å². The number of aliphatic carboxylic acids is 1. The highest BCUT2D eigenvalue weighted by Crippen LogP contribution is 2.35. The Balaban J connectivity index is 1.73. The summed E-state index contributed by atoms with van der Waals surface area (Å²) in [5.41, 5.74) is 2.16. The molecule has 186 valence electrons. The number of carboxylic acid groups (broad SMARTS) is 1. The van der Waals surface area contributed by atoms with Crippen molar-refractivity contribution in [2.45, 2.75) is 12.8 Å². The molecule has 0 saturated carbocycles. The van der Waals surface area contributed by atoms with Crippen LogP contribution in [0.4, 0.5) is 11.5 Å². The molecule has 0 bridgehead atoms. The Morgan fingerprint density at radius 1 is 1.14 bits per heavy atom. The predicted octanol–water partition coefficient (Wildman–Crippen LogP) is 3.41. The van der Waals surface area contributed by atoms with Crippen LogP contribution < -0.4 is 19.9 Å². The van der Waals surface area contributed by atoms with Crippen molar-refractivity contribution in [1.82, 2.24) is 19.9 Å². The first-order valence-electron chi connectivity index (χ1n) is 11.5. The third-order valence-electron chi connectivity index (χ3n) is 5.73. The molecule has 0 radical (unpaired) electrons. The number of nitrogens with one attached hydrogen (secondary N) is 1. The van der Waals surface area contributed by atoms with Gasteiger partial charge in [-0.1, -0.05) is 12.6 Å². The van der Waals surface area contributed by atoms with Crippen LogP contribution in [0.2, 0.25) is 0 Å². The SMILES string of the molecule is C=C(C(=O)[O-])c1cc2c(Nc3cc(OC)cc4cccnc34)ncnc2cc1OCCCCN(C)C. The molecule has 9 nitrogen and oxygen atoms in total. The van der Waals surface area contributed by atoms with E-state index >= 15 is 0 Å². The first-order valence-corrected chi connectivity index (χ1v) is 11.5. The molecular weight excluding hydrogens is 458 g/mol. The third-order valence-corrected chi connectivity index (χ3v) is 5.73. The summed E-state index contributed by atoms with van der Waals surface area (Å²) in [6.45, 7) is 5.08. The second-order valence-electron chi connectivity index (χ2n) is 8.59. The summed E-state index contributed by atoms with van der Waals surface area (Å²) in [6, 6.07) is 10.9. The van der Waals surface area contributed by atoms with Crippen LogP contribution in [-0.4, -0.2) is 60.2 Å². The summed E-state index contributed by atoms with van der Waals surface area (Å²) >= 11 is 0. The van der Waals surface area contributed by atoms with Crippen molar-refractivity contribution in [3.8, 4) is 11.5 Å². The van der Waals surface area contributed by atoms with Gasteiger partial charge in [-0.25, -0.2) is 9.97 Å². The smallest absolute Gasteiger partial charge is 0.141 e. The summed E-state index contributed by atoms with van der Waals surface area (Å²) < 4.78 is 11.4. The zero-order valence-corrected chi connectivity index (χ0v) is 20.6. The molecule has 0 amide bonds. The summed E-state index contributed by atoms with van der Waals surface area (Å²) in [7, 11) is 5.63. The van der Waals surface area contributed by atoms with Gasteiger partial charge < -0.3 is 29.6 Å². The molecule has 9 heteroatoms. The summed E-state index contributed by atoms with van der Waals surface area (Å²) in [5.74, 6) is 0.151. The first kappa shape index (κ1) is 24.9. The molecule has 0 aliphatic heterocycles. The lowest BCUT2D eigenvalue weighted by molar-refractivity contribution is -0.295. The molecule has 0 spiro atoms. The number of nitrogens with zero attached hydrogens (tertiary/aromatic N) is 4. The minimum absolute atomic E-state index is 0.177. The highest BCUT2D eigenvalue weighted by molar-refractivity contribution is 6.15. The van der Waals surface area contributed by atoms with E-state index in [9.17, 15) is 9.90 Å². The summed E-state index contributed by atoms with van der Waals surface area (Å²) in [6.07, 6.45) is 4.92. The number of unbranched alkanes of at least 4 members (excludes halogenated alkanes) is 1. The maximum Gasteiger partial charge on any atom is 0.141 e. The molecule has 4 rings (SSSR count). The number of pyridine rings is 1. The largest absolute Gasteiger partial charge is 0.545 e. The van der Waals surface area contributed by atoms with E-state index in [0.29, 0.717) is 46.1 Å². The Bertz CT molecular complexity index is 1420. The fraction of sp³-hybridized carbons (Fsp3) is 0.259. The van der Waals surface area contributed by atoms with E-state index in [1.807, 2.05) is 38.4 Å². The molecule has 0 aliphatic carbocycles.